The van der Waals surface area contributed by atoms with Gasteiger partial charge >= 0.3 is 0 Å². The molecule has 0 fully saturated rings. The Balaban J connectivity index is 2.20. The number of aryl methyl sites for hydroxylation is 1. The third-order valence-corrected chi connectivity index (χ3v) is 2.66. The highest BCUT2D eigenvalue weighted by Crippen LogP contribution is 2.28. The van der Waals surface area contributed by atoms with Crippen molar-refractivity contribution in [3.05, 3.63) is 23.8 Å². The Labute approximate surface area is 90.6 Å². The van der Waals surface area contributed by atoms with Crippen molar-refractivity contribution < 1.29 is 9.47 Å². The van der Waals surface area contributed by atoms with Crippen molar-refractivity contribution in [1.82, 2.24) is 0 Å². The second-order valence-corrected chi connectivity index (χ2v) is 3.86. The van der Waals surface area contributed by atoms with Crippen LogP contribution in [0.1, 0.15) is 12.0 Å². The normalized spacial score (nSPS) is 14.3. The molecule has 3 heteroatoms. The minimum Gasteiger partial charge on any atom is -0.493 e. The van der Waals surface area contributed by atoms with E-state index < -0.39 is 0 Å². The molecule has 82 valence electrons. The van der Waals surface area contributed by atoms with E-state index in [-0.39, 0.29) is 0 Å². The summed E-state index contributed by atoms with van der Waals surface area (Å²) in [5, 5.41) is 0. The lowest BCUT2D eigenvalue weighted by atomic mass is 10.1. The zero-order valence-electron chi connectivity index (χ0n) is 9.32. The monoisotopic (exact) mass is 207 g/mol. The molecule has 0 aromatic heterocycles. The highest BCUT2D eigenvalue weighted by atomic mass is 16.5. The summed E-state index contributed by atoms with van der Waals surface area (Å²) in [6, 6.07) is 6.31. The molecule has 1 heterocycles. The highest BCUT2D eigenvalue weighted by molar-refractivity contribution is 5.53. The van der Waals surface area contributed by atoms with Crippen LogP contribution in [-0.4, -0.2) is 27.5 Å². The first-order chi connectivity index (χ1) is 7.31. The molecule has 1 aromatic rings. The van der Waals surface area contributed by atoms with Crippen LogP contribution in [0.2, 0.25) is 0 Å². The minimum absolute atomic E-state index is 0.611. The zero-order chi connectivity index (χ0) is 10.7. The van der Waals surface area contributed by atoms with Gasteiger partial charge < -0.3 is 14.4 Å². The SMILES string of the molecule is COCN(C)c1ccc2c(c1)CCCO2. The molecule has 0 aliphatic carbocycles. The quantitative estimate of drug-likeness (QED) is 0.708. The number of anilines is 1. The van der Waals surface area contributed by atoms with Crippen LogP contribution in [0.3, 0.4) is 0 Å². The molecule has 0 atom stereocenters. The van der Waals surface area contributed by atoms with Gasteiger partial charge in [-0.1, -0.05) is 0 Å². The fourth-order valence-electron chi connectivity index (χ4n) is 1.85. The summed E-state index contributed by atoms with van der Waals surface area (Å²) in [5.74, 6) is 1.04. The number of hydrogen-bond acceptors (Lipinski definition) is 3. The minimum atomic E-state index is 0.611. The molecule has 0 spiro atoms. The Bertz CT molecular complexity index is 338. The average Bonchev–Trinajstić information content (AvgIpc) is 2.29. The van der Waals surface area contributed by atoms with E-state index in [9.17, 15) is 0 Å². The molecule has 0 N–H and O–H groups in total. The van der Waals surface area contributed by atoms with E-state index in [1.807, 2.05) is 7.05 Å². The lowest BCUT2D eigenvalue weighted by Crippen LogP contribution is -2.20. The van der Waals surface area contributed by atoms with Crippen LogP contribution in [0.15, 0.2) is 18.2 Å². The van der Waals surface area contributed by atoms with Crippen molar-refractivity contribution in [3.63, 3.8) is 0 Å². The lowest BCUT2D eigenvalue weighted by molar-refractivity contribution is 0.202. The van der Waals surface area contributed by atoms with Crippen molar-refractivity contribution in [1.29, 1.82) is 0 Å². The second-order valence-electron chi connectivity index (χ2n) is 3.86. The van der Waals surface area contributed by atoms with Crippen LogP contribution in [0.5, 0.6) is 5.75 Å². The molecule has 0 saturated heterocycles. The maximum absolute atomic E-state index is 5.57. The standard InChI is InChI=1S/C12H17NO2/c1-13(9-14-2)11-5-6-12-10(8-11)4-3-7-15-12/h5-6,8H,3-4,7,9H2,1-2H3. The zero-order valence-corrected chi connectivity index (χ0v) is 9.32. The van der Waals surface area contributed by atoms with Gasteiger partial charge in [0.1, 0.15) is 12.5 Å². The number of ether oxygens (including phenoxy) is 2. The largest absolute Gasteiger partial charge is 0.493 e. The van der Waals surface area contributed by atoms with Gasteiger partial charge in [0, 0.05) is 19.8 Å². The summed E-state index contributed by atoms with van der Waals surface area (Å²) < 4.78 is 10.7. The van der Waals surface area contributed by atoms with Gasteiger partial charge in [0.2, 0.25) is 0 Å². The number of fused-ring (bicyclic) bond motifs is 1. The first kappa shape index (κ1) is 10.3. The van der Waals surface area contributed by atoms with E-state index in [0.717, 1.165) is 25.2 Å². The van der Waals surface area contributed by atoms with E-state index in [4.69, 9.17) is 9.47 Å². The summed E-state index contributed by atoms with van der Waals surface area (Å²) in [6.07, 6.45) is 2.23. The van der Waals surface area contributed by atoms with Gasteiger partial charge in [-0.2, -0.15) is 0 Å². The first-order valence-corrected chi connectivity index (χ1v) is 5.27. The molecule has 0 radical (unpaired) electrons. The Morgan fingerprint density at radius 1 is 1.47 bits per heavy atom. The second kappa shape index (κ2) is 4.53. The molecule has 1 aliphatic rings. The van der Waals surface area contributed by atoms with Gasteiger partial charge in [-0.3, -0.25) is 0 Å². The molecule has 0 saturated carbocycles. The van der Waals surface area contributed by atoms with E-state index >= 15 is 0 Å². The molecular weight excluding hydrogens is 190 g/mol. The van der Waals surface area contributed by atoms with E-state index in [1.54, 1.807) is 7.11 Å². The topological polar surface area (TPSA) is 21.7 Å². The number of rotatable bonds is 3. The van der Waals surface area contributed by atoms with Crippen LogP contribution in [-0.2, 0) is 11.2 Å². The van der Waals surface area contributed by atoms with Gasteiger partial charge in [-0.05, 0) is 36.6 Å². The molecule has 2 rings (SSSR count). The Morgan fingerprint density at radius 2 is 2.33 bits per heavy atom. The van der Waals surface area contributed by atoms with Crippen LogP contribution in [0.4, 0.5) is 5.69 Å². The molecule has 3 nitrogen and oxygen atoms in total. The fourth-order valence-corrected chi connectivity index (χ4v) is 1.85. The third-order valence-electron chi connectivity index (χ3n) is 2.66. The number of hydrogen-bond donors (Lipinski definition) is 0. The predicted molar refractivity (Wildman–Crippen MR) is 60.5 cm³/mol. The van der Waals surface area contributed by atoms with Crippen molar-refractivity contribution in [2.45, 2.75) is 12.8 Å². The van der Waals surface area contributed by atoms with Gasteiger partial charge in [0.25, 0.3) is 0 Å². The summed E-state index contributed by atoms with van der Waals surface area (Å²) in [5.41, 5.74) is 2.49. The average molecular weight is 207 g/mol. The molecule has 0 unspecified atom stereocenters. The molecule has 15 heavy (non-hydrogen) atoms. The third kappa shape index (κ3) is 2.23. The first-order valence-electron chi connectivity index (χ1n) is 5.27. The van der Waals surface area contributed by atoms with Crippen LogP contribution in [0.25, 0.3) is 0 Å². The van der Waals surface area contributed by atoms with Crippen LogP contribution < -0.4 is 9.64 Å². The molecule has 0 amide bonds. The molecule has 1 aliphatic heterocycles. The molecule has 1 aromatic carbocycles. The summed E-state index contributed by atoms with van der Waals surface area (Å²) in [6.45, 7) is 1.46. The van der Waals surface area contributed by atoms with E-state index in [0.29, 0.717) is 6.73 Å². The van der Waals surface area contributed by atoms with Crippen molar-refractivity contribution in [2.75, 3.05) is 32.4 Å². The fraction of sp³-hybridized carbons (Fsp3) is 0.500. The number of benzene rings is 1. The van der Waals surface area contributed by atoms with Gasteiger partial charge in [-0.15, -0.1) is 0 Å². The van der Waals surface area contributed by atoms with E-state index in [2.05, 4.69) is 23.1 Å². The Kier molecular flexibility index (Phi) is 3.11. The predicted octanol–water partition coefficient (Wildman–Crippen LogP) is 2.05. The summed E-state index contributed by atoms with van der Waals surface area (Å²) in [7, 11) is 3.73. The van der Waals surface area contributed by atoms with Gasteiger partial charge in [0.15, 0.2) is 0 Å². The Hall–Kier alpha value is -1.22. The maximum Gasteiger partial charge on any atom is 0.122 e. The van der Waals surface area contributed by atoms with Crippen LogP contribution in [0, 0.1) is 0 Å². The lowest BCUT2D eigenvalue weighted by Gasteiger charge is -2.22. The van der Waals surface area contributed by atoms with Crippen molar-refractivity contribution in [2.24, 2.45) is 0 Å². The number of nitrogens with zero attached hydrogens (tertiary/aromatic N) is 1. The van der Waals surface area contributed by atoms with Crippen LogP contribution >= 0.6 is 0 Å². The van der Waals surface area contributed by atoms with Gasteiger partial charge in [0.05, 0.1) is 6.61 Å². The molecular formula is C12H17NO2. The summed E-state index contributed by atoms with van der Waals surface area (Å²) >= 11 is 0. The maximum atomic E-state index is 5.57. The smallest absolute Gasteiger partial charge is 0.122 e. The highest BCUT2D eigenvalue weighted by Gasteiger charge is 2.11. The molecule has 0 bridgehead atoms. The Morgan fingerprint density at radius 3 is 3.13 bits per heavy atom. The number of methoxy groups -OCH3 is 1. The summed E-state index contributed by atoms with van der Waals surface area (Å²) in [4.78, 5) is 2.08. The van der Waals surface area contributed by atoms with Crippen molar-refractivity contribution in [3.8, 4) is 5.75 Å². The van der Waals surface area contributed by atoms with Gasteiger partial charge in [-0.25, -0.2) is 0 Å². The van der Waals surface area contributed by atoms with E-state index in [1.165, 1.54) is 11.3 Å². The van der Waals surface area contributed by atoms with Crippen molar-refractivity contribution >= 4 is 5.69 Å².